The van der Waals surface area contributed by atoms with Crippen molar-refractivity contribution in [1.29, 1.82) is 0 Å². The number of para-hydroxylation sites is 1. The summed E-state index contributed by atoms with van der Waals surface area (Å²) in [6.45, 7) is 2.61. The lowest BCUT2D eigenvalue weighted by Crippen LogP contribution is -2.57. The molecule has 0 saturated carbocycles. The highest BCUT2D eigenvalue weighted by molar-refractivity contribution is 5.94. The van der Waals surface area contributed by atoms with Crippen LogP contribution in [0.3, 0.4) is 0 Å². The van der Waals surface area contributed by atoms with Gasteiger partial charge in [0.05, 0.1) is 6.10 Å². The fourth-order valence-corrected chi connectivity index (χ4v) is 3.42. The van der Waals surface area contributed by atoms with E-state index in [4.69, 9.17) is 10.8 Å². The van der Waals surface area contributed by atoms with Crippen molar-refractivity contribution in [2.24, 2.45) is 5.73 Å². The molecule has 1 heterocycles. The summed E-state index contributed by atoms with van der Waals surface area (Å²) in [5.74, 6) is -5.06. The highest BCUT2D eigenvalue weighted by Crippen LogP contribution is 2.19. The molecule has 36 heavy (non-hydrogen) atoms. The number of aliphatic carboxylic acids is 2. The third-order valence-electron chi connectivity index (χ3n) is 5.57. The van der Waals surface area contributed by atoms with Crippen LogP contribution >= 0.6 is 0 Å². The molecular formula is C23H31N5O8. The minimum absolute atomic E-state index is 0.0611. The van der Waals surface area contributed by atoms with Gasteiger partial charge in [0.2, 0.25) is 17.7 Å². The Morgan fingerprint density at radius 1 is 0.944 bits per heavy atom. The van der Waals surface area contributed by atoms with Crippen molar-refractivity contribution in [3.63, 3.8) is 0 Å². The number of aliphatic hydroxyl groups excluding tert-OH is 1. The van der Waals surface area contributed by atoms with E-state index in [1.54, 1.807) is 18.3 Å². The third kappa shape index (κ3) is 7.78. The first-order chi connectivity index (χ1) is 16.9. The minimum Gasteiger partial charge on any atom is -0.481 e. The maximum absolute atomic E-state index is 12.9. The van der Waals surface area contributed by atoms with E-state index in [9.17, 15) is 34.2 Å². The molecule has 0 radical (unpaired) electrons. The van der Waals surface area contributed by atoms with Gasteiger partial charge in [-0.2, -0.15) is 0 Å². The number of nitrogens with two attached hydrogens (primary N) is 1. The van der Waals surface area contributed by atoms with E-state index >= 15 is 0 Å². The van der Waals surface area contributed by atoms with Gasteiger partial charge in [0, 0.05) is 29.9 Å². The molecule has 2 aromatic rings. The minimum atomic E-state index is -1.39. The molecule has 0 spiro atoms. The molecule has 1 aromatic carbocycles. The molecule has 5 atom stereocenters. The van der Waals surface area contributed by atoms with Crippen molar-refractivity contribution in [3.05, 3.63) is 36.0 Å². The molecule has 9 N–H and O–H groups in total. The molecule has 13 heteroatoms. The smallest absolute Gasteiger partial charge is 0.326 e. The van der Waals surface area contributed by atoms with Gasteiger partial charge in [-0.25, -0.2) is 4.79 Å². The number of H-pyrrole nitrogens is 1. The summed E-state index contributed by atoms with van der Waals surface area (Å²) in [5, 5.41) is 35.9. The van der Waals surface area contributed by atoms with Gasteiger partial charge in [-0.1, -0.05) is 18.2 Å². The molecule has 0 aliphatic rings. The van der Waals surface area contributed by atoms with Crippen LogP contribution in [-0.4, -0.2) is 80.2 Å². The molecule has 3 amide bonds. The molecule has 0 bridgehead atoms. The summed E-state index contributed by atoms with van der Waals surface area (Å²) in [7, 11) is 0. The normalized spacial score (nSPS) is 15.2. The predicted molar refractivity (Wildman–Crippen MR) is 128 cm³/mol. The number of amides is 3. The first-order valence-corrected chi connectivity index (χ1v) is 11.2. The van der Waals surface area contributed by atoms with E-state index in [2.05, 4.69) is 20.9 Å². The van der Waals surface area contributed by atoms with Crippen molar-refractivity contribution in [2.45, 2.75) is 63.4 Å². The quantitative estimate of drug-likeness (QED) is 0.164. The third-order valence-corrected chi connectivity index (χ3v) is 5.57. The van der Waals surface area contributed by atoms with E-state index in [1.807, 2.05) is 12.1 Å². The number of aromatic amines is 1. The van der Waals surface area contributed by atoms with E-state index in [1.165, 1.54) is 13.8 Å². The zero-order chi connectivity index (χ0) is 27.0. The molecule has 1 aromatic heterocycles. The number of carboxylic acids is 2. The van der Waals surface area contributed by atoms with Crippen LogP contribution in [0.5, 0.6) is 0 Å². The molecular weight excluding hydrogens is 474 g/mol. The summed E-state index contributed by atoms with van der Waals surface area (Å²) in [6.07, 6.45) is -0.390. The monoisotopic (exact) mass is 505 g/mol. The second-order valence-electron chi connectivity index (χ2n) is 8.45. The first-order valence-electron chi connectivity index (χ1n) is 11.2. The maximum atomic E-state index is 12.9. The average Bonchev–Trinajstić information content (AvgIpc) is 3.22. The number of nitrogens with one attached hydrogen (secondary N) is 4. The Morgan fingerprint density at radius 2 is 1.58 bits per heavy atom. The van der Waals surface area contributed by atoms with Crippen molar-refractivity contribution < 1.29 is 39.3 Å². The highest BCUT2D eigenvalue weighted by Gasteiger charge is 2.30. The summed E-state index contributed by atoms with van der Waals surface area (Å²) in [5.41, 5.74) is 6.97. The Morgan fingerprint density at radius 3 is 2.19 bits per heavy atom. The fourth-order valence-electron chi connectivity index (χ4n) is 3.42. The van der Waals surface area contributed by atoms with Crippen molar-refractivity contribution in [1.82, 2.24) is 20.9 Å². The zero-order valence-corrected chi connectivity index (χ0v) is 19.9. The Kier molecular flexibility index (Phi) is 9.93. The van der Waals surface area contributed by atoms with Crippen LogP contribution in [-0.2, 0) is 30.4 Å². The van der Waals surface area contributed by atoms with Gasteiger partial charge in [0.15, 0.2) is 0 Å². The van der Waals surface area contributed by atoms with Gasteiger partial charge in [-0.05, 0) is 31.9 Å². The lowest BCUT2D eigenvalue weighted by Gasteiger charge is -2.24. The number of hydrogen-bond donors (Lipinski definition) is 8. The van der Waals surface area contributed by atoms with E-state index in [0.717, 1.165) is 10.9 Å². The Hall–Kier alpha value is -3.97. The van der Waals surface area contributed by atoms with E-state index in [0.29, 0.717) is 5.56 Å². The summed E-state index contributed by atoms with van der Waals surface area (Å²) in [4.78, 5) is 63.4. The molecule has 0 saturated heterocycles. The SMILES string of the molecule is CC(NC(=O)C(N)C(C)O)C(=O)NC(CCC(=O)O)C(=O)NC(Cc1c[nH]c2ccccc12)C(=O)O. The number of fused-ring (bicyclic) bond motifs is 1. The predicted octanol–water partition coefficient (Wildman–Crippen LogP) is -1.16. The summed E-state index contributed by atoms with van der Waals surface area (Å²) < 4.78 is 0. The van der Waals surface area contributed by atoms with Crippen LogP contribution in [0.15, 0.2) is 30.5 Å². The topological polar surface area (TPSA) is 224 Å². The number of benzene rings is 1. The van der Waals surface area contributed by atoms with Gasteiger partial charge >= 0.3 is 11.9 Å². The van der Waals surface area contributed by atoms with Gasteiger partial charge in [0.25, 0.3) is 0 Å². The van der Waals surface area contributed by atoms with Crippen molar-refractivity contribution in [3.8, 4) is 0 Å². The number of aromatic nitrogens is 1. The number of carbonyl (C=O) groups excluding carboxylic acids is 3. The Bertz CT molecular complexity index is 1110. The highest BCUT2D eigenvalue weighted by atomic mass is 16.4. The van der Waals surface area contributed by atoms with Gasteiger partial charge in [-0.15, -0.1) is 0 Å². The molecule has 0 aliphatic carbocycles. The molecule has 2 rings (SSSR count). The van der Waals surface area contributed by atoms with Gasteiger partial charge < -0.3 is 42.0 Å². The fraction of sp³-hybridized carbons (Fsp3) is 0.435. The van der Waals surface area contributed by atoms with Crippen LogP contribution in [0.25, 0.3) is 10.9 Å². The van der Waals surface area contributed by atoms with Crippen LogP contribution in [0.2, 0.25) is 0 Å². The van der Waals surface area contributed by atoms with Crippen LogP contribution in [0.4, 0.5) is 0 Å². The second kappa shape index (κ2) is 12.7. The van der Waals surface area contributed by atoms with Crippen LogP contribution in [0.1, 0.15) is 32.3 Å². The summed E-state index contributed by atoms with van der Waals surface area (Å²) >= 11 is 0. The van der Waals surface area contributed by atoms with Gasteiger partial charge in [0.1, 0.15) is 24.2 Å². The largest absolute Gasteiger partial charge is 0.481 e. The van der Waals surface area contributed by atoms with Crippen LogP contribution < -0.4 is 21.7 Å². The zero-order valence-electron chi connectivity index (χ0n) is 19.9. The molecule has 0 aliphatic heterocycles. The number of aliphatic hydroxyl groups is 1. The van der Waals surface area contributed by atoms with Gasteiger partial charge in [-0.3, -0.25) is 19.2 Å². The van der Waals surface area contributed by atoms with E-state index < -0.39 is 66.4 Å². The van der Waals surface area contributed by atoms with Crippen LogP contribution in [0, 0.1) is 0 Å². The molecule has 196 valence electrons. The number of carbonyl (C=O) groups is 5. The average molecular weight is 506 g/mol. The standard InChI is InChI=1S/C23H31N5O8/c1-11(26-22(34)19(24)12(2)29)20(32)27-16(7-8-18(30)31)21(33)28-17(23(35)36)9-13-10-25-15-6-4-3-5-14(13)15/h3-6,10-12,16-17,19,25,29H,7-9,24H2,1-2H3,(H,26,34)(H,27,32)(H,28,33)(H,30,31)(H,35,36). The Labute approximate surface area is 206 Å². The lowest BCUT2D eigenvalue weighted by atomic mass is 10.0. The number of rotatable bonds is 13. The molecule has 5 unspecified atom stereocenters. The maximum Gasteiger partial charge on any atom is 0.326 e. The molecule has 13 nitrogen and oxygen atoms in total. The number of carboxylic acid groups (broad SMARTS) is 2. The lowest BCUT2D eigenvalue weighted by molar-refractivity contribution is -0.143. The Balaban J connectivity index is 2.12. The van der Waals surface area contributed by atoms with E-state index in [-0.39, 0.29) is 12.8 Å². The second-order valence-corrected chi connectivity index (χ2v) is 8.45. The summed E-state index contributed by atoms with van der Waals surface area (Å²) in [6, 6.07) is 2.02. The molecule has 0 fully saturated rings. The van der Waals surface area contributed by atoms with Crippen molar-refractivity contribution in [2.75, 3.05) is 0 Å². The first kappa shape index (κ1) is 28.3. The van der Waals surface area contributed by atoms with Crippen molar-refractivity contribution >= 4 is 40.6 Å². The number of hydrogen-bond acceptors (Lipinski definition) is 7.